The lowest BCUT2D eigenvalue weighted by Gasteiger charge is -2.03. The summed E-state index contributed by atoms with van der Waals surface area (Å²) in [5, 5.41) is 7.55. The van der Waals surface area contributed by atoms with Crippen molar-refractivity contribution in [3.8, 4) is 0 Å². The van der Waals surface area contributed by atoms with Crippen molar-refractivity contribution >= 4 is 39.2 Å². The Morgan fingerprint density at radius 1 is 1.47 bits per heavy atom. The van der Waals surface area contributed by atoms with Gasteiger partial charge in [-0.1, -0.05) is 11.6 Å². The summed E-state index contributed by atoms with van der Waals surface area (Å²) in [6, 6.07) is 3.52. The number of pyridine rings is 1. The molecule has 0 bridgehead atoms. The van der Waals surface area contributed by atoms with Gasteiger partial charge in [-0.25, -0.2) is 9.67 Å². The molecule has 2 rings (SSSR count). The molecule has 15 heavy (non-hydrogen) atoms. The van der Waals surface area contributed by atoms with Crippen molar-refractivity contribution in [2.45, 2.75) is 0 Å². The molecule has 78 valence electrons. The molecule has 0 aliphatic heterocycles. The van der Waals surface area contributed by atoms with Crippen molar-refractivity contribution in [2.75, 3.05) is 5.32 Å². The number of anilines is 2. The van der Waals surface area contributed by atoms with Gasteiger partial charge in [0, 0.05) is 7.05 Å². The van der Waals surface area contributed by atoms with Crippen LogP contribution in [0.1, 0.15) is 0 Å². The highest BCUT2D eigenvalue weighted by Gasteiger charge is 2.04. The fraction of sp³-hybridized carbons (Fsp3) is 0.125. The normalized spacial score (nSPS) is 10.3. The van der Waals surface area contributed by atoms with Gasteiger partial charge in [0.1, 0.15) is 5.15 Å². The largest absolute Gasteiger partial charge is 0.323 e. The second-order valence-electron chi connectivity index (χ2n) is 2.82. The summed E-state index contributed by atoms with van der Waals surface area (Å²) in [5.41, 5.74) is 0.808. The Balaban J connectivity index is 2.21. The molecule has 2 aromatic heterocycles. The molecule has 5 nitrogen and oxygen atoms in total. The molecule has 0 unspecified atom stereocenters. The van der Waals surface area contributed by atoms with Crippen molar-refractivity contribution in [1.82, 2.24) is 19.7 Å². The minimum absolute atomic E-state index is 0.458. The third kappa shape index (κ3) is 2.45. The standard InChI is InChI=1S/C8H7BrClN5/c1-15-8(13-7(9)14-15)12-5-2-3-6(10)11-4-5/h2-4H,1H3,(H,12,13,14). The Morgan fingerprint density at radius 3 is 2.80 bits per heavy atom. The predicted octanol–water partition coefficient (Wildman–Crippen LogP) is 2.37. The first-order chi connectivity index (χ1) is 7.15. The zero-order valence-corrected chi connectivity index (χ0v) is 10.1. The van der Waals surface area contributed by atoms with Crippen LogP contribution >= 0.6 is 27.5 Å². The molecular formula is C8H7BrClN5. The molecule has 0 amide bonds. The Labute approximate surface area is 99.6 Å². The van der Waals surface area contributed by atoms with Gasteiger partial charge in [0.25, 0.3) is 0 Å². The zero-order chi connectivity index (χ0) is 10.8. The maximum Gasteiger partial charge on any atom is 0.226 e. The van der Waals surface area contributed by atoms with Gasteiger partial charge in [0.15, 0.2) is 0 Å². The highest BCUT2D eigenvalue weighted by atomic mass is 79.9. The number of halogens is 2. The van der Waals surface area contributed by atoms with Crippen molar-refractivity contribution in [2.24, 2.45) is 7.05 Å². The lowest BCUT2D eigenvalue weighted by Crippen LogP contribution is -2.00. The molecule has 0 spiro atoms. The quantitative estimate of drug-likeness (QED) is 0.862. The zero-order valence-electron chi connectivity index (χ0n) is 7.78. The third-order valence-corrected chi connectivity index (χ3v) is 2.28. The van der Waals surface area contributed by atoms with Gasteiger partial charge in [-0.05, 0) is 28.1 Å². The van der Waals surface area contributed by atoms with E-state index in [1.165, 1.54) is 0 Å². The Hall–Kier alpha value is -1.14. The lowest BCUT2D eigenvalue weighted by molar-refractivity contribution is 0.769. The summed E-state index contributed by atoms with van der Waals surface area (Å²) < 4.78 is 2.16. The van der Waals surface area contributed by atoms with Gasteiger partial charge in [0.2, 0.25) is 10.7 Å². The number of hydrogen-bond donors (Lipinski definition) is 1. The van der Waals surface area contributed by atoms with Gasteiger partial charge < -0.3 is 5.32 Å². The van der Waals surface area contributed by atoms with Crippen LogP contribution in [0, 0.1) is 0 Å². The molecule has 0 aromatic carbocycles. The van der Waals surface area contributed by atoms with E-state index in [-0.39, 0.29) is 0 Å². The first kappa shape index (κ1) is 10.4. The molecule has 0 aliphatic rings. The van der Waals surface area contributed by atoms with Crippen LogP contribution in [0.5, 0.6) is 0 Å². The molecule has 1 N–H and O–H groups in total. The number of aryl methyl sites for hydroxylation is 1. The summed E-state index contributed by atoms with van der Waals surface area (Å²) in [6.45, 7) is 0. The highest BCUT2D eigenvalue weighted by Crippen LogP contribution is 2.16. The van der Waals surface area contributed by atoms with Crippen molar-refractivity contribution < 1.29 is 0 Å². The van der Waals surface area contributed by atoms with Crippen molar-refractivity contribution in [3.05, 3.63) is 28.2 Å². The molecule has 2 heterocycles. The molecule has 0 radical (unpaired) electrons. The summed E-state index contributed by atoms with van der Waals surface area (Å²) in [7, 11) is 1.80. The van der Waals surface area contributed by atoms with Crippen LogP contribution in [0.15, 0.2) is 23.1 Å². The predicted molar refractivity (Wildman–Crippen MR) is 61.2 cm³/mol. The third-order valence-electron chi connectivity index (χ3n) is 1.72. The van der Waals surface area contributed by atoms with E-state index in [9.17, 15) is 0 Å². The number of aromatic nitrogens is 4. The molecule has 0 atom stereocenters. The van der Waals surface area contributed by atoms with Gasteiger partial charge in [-0.2, -0.15) is 4.98 Å². The molecule has 7 heteroatoms. The summed E-state index contributed by atoms with van der Waals surface area (Å²) in [6.07, 6.45) is 1.63. The molecule has 0 saturated carbocycles. The molecule has 0 aliphatic carbocycles. The summed E-state index contributed by atoms with van der Waals surface area (Å²) in [5.74, 6) is 0.631. The van der Waals surface area contributed by atoms with E-state index in [0.29, 0.717) is 15.8 Å². The lowest BCUT2D eigenvalue weighted by atomic mass is 10.4. The Kier molecular flexibility index (Phi) is 2.88. The second-order valence-corrected chi connectivity index (χ2v) is 3.92. The average molecular weight is 289 g/mol. The maximum atomic E-state index is 5.67. The average Bonchev–Trinajstić information content (AvgIpc) is 2.49. The van der Waals surface area contributed by atoms with Crippen LogP contribution in [-0.4, -0.2) is 19.7 Å². The second kappa shape index (κ2) is 4.16. The van der Waals surface area contributed by atoms with Crippen LogP contribution in [0.4, 0.5) is 11.6 Å². The maximum absolute atomic E-state index is 5.67. The minimum Gasteiger partial charge on any atom is -0.323 e. The fourth-order valence-electron chi connectivity index (χ4n) is 1.04. The van der Waals surface area contributed by atoms with Crippen LogP contribution in [0.3, 0.4) is 0 Å². The smallest absolute Gasteiger partial charge is 0.226 e. The Bertz CT molecular complexity index is 466. The highest BCUT2D eigenvalue weighted by molar-refractivity contribution is 9.10. The van der Waals surface area contributed by atoms with E-state index in [1.807, 2.05) is 6.07 Å². The van der Waals surface area contributed by atoms with Crippen LogP contribution in [0.2, 0.25) is 5.15 Å². The number of rotatable bonds is 2. The van der Waals surface area contributed by atoms with E-state index in [4.69, 9.17) is 11.6 Å². The van der Waals surface area contributed by atoms with Crippen LogP contribution in [0.25, 0.3) is 0 Å². The van der Waals surface area contributed by atoms with E-state index in [1.54, 1.807) is 24.0 Å². The van der Waals surface area contributed by atoms with Gasteiger partial charge in [0.05, 0.1) is 11.9 Å². The fourth-order valence-corrected chi connectivity index (χ4v) is 1.56. The number of nitrogens with zero attached hydrogens (tertiary/aromatic N) is 4. The molecule has 2 aromatic rings. The van der Waals surface area contributed by atoms with E-state index < -0.39 is 0 Å². The van der Waals surface area contributed by atoms with E-state index in [2.05, 4.69) is 36.3 Å². The van der Waals surface area contributed by atoms with Gasteiger partial charge >= 0.3 is 0 Å². The van der Waals surface area contributed by atoms with Crippen LogP contribution in [-0.2, 0) is 7.05 Å². The molecular weight excluding hydrogens is 281 g/mol. The minimum atomic E-state index is 0.458. The number of nitrogens with one attached hydrogen (secondary N) is 1. The van der Waals surface area contributed by atoms with Gasteiger partial charge in [-0.15, -0.1) is 5.10 Å². The first-order valence-corrected chi connectivity index (χ1v) is 5.27. The monoisotopic (exact) mass is 287 g/mol. The van der Waals surface area contributed by atoms with Crippen molar-refractivity contribution in [3.63, 3.8) is 0 Å². The number of hydrogen-bond acceptors (Lipinski definition) is 4. The topological polar surface area (TPSA) is 55.6 Å². The Morgan fingerprint density at radius 2 is 2.27 bits per heavy atom. The van der Waals surface area contributed by atoms with E-state index >= 15 is 0 Å². The molecule has 0 fully saturated rings. The summed E-state index contributed by atoms with van der Waals surface area (Å²) >= 11 is 8.86. The van der Waals surface area contributed by atoms with Gasteiger partial charge in [-0.3, -0.25) is 0 Å². The summed E-state index contributed by atoms with van der Waals surface area (Å²) in [4.78, 5) is 8.07. The molecule has 0 saturated heterocycles. The first-order valence-electron chi connectivity index (χ1n) is 4.10. The van der Waals surface area contributed by atoms with E-state index in [0.717, 1.165) is 5.69 Å². The van der Waals surface area contributed by atoms with Crippen molar-refractivity contribution in [1.29, 1.82) is 0 Å². The van der Waals surface area contributed by atoms with Crippen LogP contribution < -0.4 is 5.32 Å². The SMILES string of the molecule is Cn1nc(Br)nc1Nc1ccc(Cl)nc1.